The van der Waals surface area contributed by atoms with Gasteiger partial charge in [-0.05, 0) is 41.6 Å². The molecule has 0 saturated carbocycles. The molecule has 1 unspecified atom stereocenters. The lowest BCUT2D eigenvalue weighted by atomic mass is 10.1. The average molecular weight is 384 g/mol. The van der Waals surface area contributed by atoms with Gasteiger partial charge >= 0.3 is 0 Å². The molecule has 0 bridgehead atoms. The number of carbonyl (C=O) groups excluding carboxylic acids is 1. The normalized spacial score (nSPS) is 20.0. The van der Waals surface area contributed by atoms with E-state index in [0.29, 0.717) is 28.8 Å². The molecule has 1 atom stereocenters. The first-order valence-electron chi connectivity index (χ1n) is 5.54. The monoisotopic (exact) mass is 383 g/mol. The zero-order valence-corrected chi connectivity index (χ0v) is 12.7. The van der Waals surface area contributed by atoms with Gasteiger partial charge in [-0.1, -0.05) is 11.6 Å². The van der Waals surface area contributed by atoms with Crippen molar-refractivity contribution in [1.29, 1.82) is 0 Å². The van der Waals surface area contributed by atoms with Gasteiger partial charge in [0, 0.05) is 16.7 Å². The molecule has 2 rings (SSSR count). The SMILES string of the molecule is CC1CN(C(=O)c2cc(I)c(F)cc2Cl)CCO1. The Kier molecular flexibility index (Phi) is 4.45. The van der Waals surface area contributed by atoms with Crippen LogP contribution >= 0.6 is 34.2 Å². The van der Waals surface area contributed by atoms with Crippen LogP contribution in [0.3, 0.4) is 0 Å². The molecule has 1 aromatic carbocycles. The van der Waals surface area contributed by atoms with Crippen molar-refractivity contribution >= 4 is 40.1 Å². The van der Waals surface area contributed by atoms with Crippen LogP contribution in [0.5, 0.6) is 0 Å². The maximum atomic E-state index is 13.3. The summed E-state index contributed by atoms with van der Waals surface area (Å²) in [6.07, 6.45) is 0.0148. The molecule has 1 amide bonds. The molecule has 1 aromatic rings. The lowest BCUT2D eigenvalue weighted by Crippen LogP contribution is -2.44. The van der Waals surface area contributed by atoms with Crippen molar-refractivity contribution in [2.24, 2.45) is 0 Å². The van der Waals surface area contributed by atoms with Gasteiger partial charge in [0.1, 0.15) is 5.82 Å². The summed E-state index contributed by atoms with van der Waals surface area (Å²) in [5.41, 5.74) is 0.344. The highest BCUT2D eigenvalue weighted by Crippen LogP contribution is 2.24. The van der Waals surface area contributed by atoms with E-state index in [-0.39, 0.29) is 17.0 Å². The predicted octanol–water partition coefficient (Wildman–Crippen LogP) is 2.94. The fourth-order valence-electron chi connectivity index (χ4n) is 1.86. The van der Waals surface area contributed by atoms with E-state index >= 15 is 0 Å². The van der Waals surface area contributed by atoms with E-state index in [2.05, 4.69) is 0 Å². The quantitative estimate of drug-likeness (QED) is 0.551. The van der Waals surface area contributed by atoms with Crippen LogP contribution < -0.4 is 0 Å². The Morgan fingerprint density at radius 2 is 2.33 bits per heavy atom. The minimum Gasteiger partial charge on any atom is -0.375 e. The molecule has 0 spiro atoms. The van der Waals surface area contributed by atoms with E-state index in [1.807, 2.05) is 29.5 Å². The fraction of sp³-hybridized carbons (Fsp3) is 0.417. The van der Waals surface area contributed by atoms with Gasteiger partial charge in [-0.15, -0.1) is 0 Å². The molecular formula is C12H12ClFINO2. The van der Waals surface area contributed by atoms with Gasteiger partial charge in [0.2, 0.25) is 0 Å². The Balaban J connectivity index is 2.25. The van der Waals surface area contributed by atoms with Crippen LogP contribution in [0.15, 0.2) is 12.1 Å². The molecule has 6 heteroatoms. The molecule has 3 nitrogen and oxygen atoms in total. The second kappa shape index (κ2) is 5.71. The highest BCUT2D eigenvalue weighted by atomic mass is 127. The number of ether oxygens (including phenoxy) is 1. The first-order chi connectivity index (χ1) is 8.49. The predicted molar refractivity (Wildman–Crippen MR) is 75.4 cm³/mol. The highest BCUT2D eigenvalue weighted by Gasteiger charge is 2.24. The molecule has 0 aromatic heterocycles. The largest absolute Gasteiger partial charge is 0.375 e. The summed E-state index contributed by atoms with van der Waals surface area (Å²) in [6.45, 7) is 3.49. The number of hydrogen-bond acceptors (Lipinski definition) is 2. The number of carbonyl (C=O) groups is 1. The van der Waals surface area contributed by atoms with Gasteiger partial charge in [0.05, 0.1) is 23.3 Å². The van der Waals surface area contributed by atoms with Crippen LogP contribution in [-0.4, -0.2) is 36.6 Å². The summed E-state index contributed by atoms with van der Waals surface area (Å²) in [6, 6.07) is 2.67. The lowest BCUT2D eigenvalue weighted by molar-refractivity contribution is -0.0124. The van der Waals surface area contributed by atoms with Gasteiger partial charge in [0.15, 0.2) is 0 Å². The van der Waals surface area contributed by atoms with Crippen molar-refractivity contribution in [3.8, 4) is 0 Å². The third-order valence-electron chi connectivity index (χ3n) is 2.77. The summed E-state index contributed by atoms with van der Waals surface area (Å²) in [5, 5.41) is 0.150. The smallest absolute Gasteiger partial charge is 0.255 e. The Bertz CT molecular complexity index is 483. The van der Waals surface area contributed by atoms with E-state index < -0.39 is 5.82 Å². The lowest BCUT2D eigenvalue weighted by Gasteiger charge is -2.31. The number of nitrogens with zero attached hydrogens (tertiary/aromatic N) is 1. The second-order valence-corrected chi connectivity index (χ2v) is 5.75. The van der Waals surface area contributed by atoms with Crippen molar-refractivity contribution < 1.29 is 13.9 Å². The third kappa shape index (κ3) is 2.95. The van der Waals surface area contributed by atoms with Crippen LogP contribution in [-0.2, 0) is 4.74 Å². The number of amides is 1. The van der Waals surface area contributed by atoms with Crippen LogP contribution in [0.25, 0.3) is 0 Å². The number of benzene rings is 1. The van der Waals surface area contributed by atoms with Gasteiger partial charge in [-0.25, -0.2) is 4.39 Å². The molecule has 1 heterocycles. The second-order valence-electron chi connectivity index (χ2n) is 4.18. The molecule has 1 aliphatic rings. The highest BCUT2D eigenvalue weighted by molar-refractivity contribution is 14.1. The maximum Gasteiger partial charge on any atom is 0.255 e. The minimum absolute atomic E-state index is 0.0148. The number of halogens is 3. The Labute approximate surface area is 123 Å². The van der Waals surface area contributed by atoms with Crippen LogP contribution in [0.1, 0.15) is 17.3 Å². The average Bonchev–Trinajstić information content (AvgIpc) is 2.33. The molecule has 1 aliphatic heterocycles. The van der Waals surface area contributed by atoms with Gasteiger partial charge < -0.3 is 9.64 Å². The van der Waals surface area contributed by atoms with Gasteiger partial charge in [-0.2, -0.15) is 0 Å². The molecule has 98 valence electrons. The van der Waals surface area contributed by atoms with Gasteiger partial charge in [0.25, 0.3) is 5.91 Å². The minimum atomic E-state index is -0.410. The van der Waals surface area contributed by atoms with Gasteiger partial charge in [-0.3, -0.25) is 4.79 Å². The Morgan fingerprint density at radius 1 is 1.61 bits per heavy atom. The Morgan fingerprint density at radius 3 is 3.00 bits per heavy atom. The topological polar surface area (TPSA) is 29.5 Å². The van der Waals surface area contributed by atoms with Crippen molar-refractivity contribution in [1.82, 2.24) is 4.90 Å². The number of hydrogen-bond donors (Lipinski definition) is 0. The van der Waals surface area contributed by atoms with E-state index in [4.69, 9.17) is 16.3 Å². The summed E-state index contributed by atoms with van der Waals surface area (Å²) >= 11 is 7.78. The standard InChI is InChI=1S/C12H12ClFINO2/c1-7-6-16(2-3-18-7)12(17)8-4-11(15)10(14)5-9(8)13/h4-5,7H,2-3,6H2,1H3. The molecule has 0 radical (unpaired) electrons. The molecule has 18 heavy (non-hydrogen) atoms. The Hall–Kier alpha value is -0.400. The zero-order valence-electron chi connectivity index (χ0n) is 9.75. The van der Waals surface area contributed by atoms with Crippen LogP contribution in [0.4, 0.5) is 4.39 Å². The van der Waals surface area contributed by atoms with Crippen LogP contribution in [0.2, 0.25) is 5.02 Å². The number of morpholine rings is 1. The summed E-state index contributed by atoms with van der Waals surface area (Å²) in [7, 11) is 0. The maximum absolute atomic E-state index is 13.3. The van der Waals surface area contributed by atoms with E-state index in [9.17, 15) is 9.18 Å². The summed E-state index contributed by atoms with van der Waals surface area (Å²) < 4.78 is 19.1. The van der Waals surface area contributed by atoms with Crippen molar-refractivity contribution in [2.75, 3.05) is 19.7 Å². The van der Waals surface area contributed by atoms with E-state index in [0.717, 1.165) is 0 Å². The van der Waals surface area contributed by atoms with Crippen molar-refractivity contribution in [3.05, 3.63) is 32.1 Å². The van der Waals surface area contributed by atoms with Crippen molar-refractivity contribution in [2.45, 2.75) is 13.0 Å². The molecule has 0 N–H and O–H groups in total. The fourth-order valence-corrected chi connectivity index (χ4v) is 2.56. The number of rotatable bonds is 1. The molecule has 0 aliphatic carbocycles. The molecular weight excluding hydrogens is 371 g/mol. The molecule has 1 fully saturated rings. The third-order valence-corrected chi connectivity index (χ3v) is 3.91. The van der Waals surface area contributed by atoms with Crippen LogP contribution in [0, 0.1) is 9.39 Å². The zero-order chi connectivity index (χ0) is 13.3. The molecule has 1 saturated heterocycles. The summed E-state index contributed by atoms with van der Waals surface area (Å²) in [5.74, 6) is -0.583. The first-order valence-corrected chi connectivity index (χ1v) is 7.00. The first kappa shape index (κ1) is 14.0. The summed E-state index contributed by atoms with van der Waals surface area (Å²) in [4.78, 5) is 14.0. The van der Waals surface area contributed by atoms with E-state index in [1.165, 1.54) is 12.1 Å². The van der Waals surface area contributed by atoms with E-state index in [1.54, 1.807) is 4.90 Å². The van der Waals surface area contributed by atoms with Crippen molar-refractivity contribution in [3.63, 3.8) is 0 Å².